The van der Waals surface area contributed by atoms with E-state index in [1.54, 1.807) is 0 Å². The van der Waals surface area contributed by atoms with Crippen molar-refractivity contribution >= 4 is 5.91 Å². The van der Waals surface area contributed by atoms with E-state index in [2.05, 4.69) is 22.0 Å². The molecule has 0 unspecified atom stereocenters. The van der Waals surface area contributed by atoms with E-state index in [0.717, 1.165) is 64.8 Å². The minimum absolute atomic E-state index is 0.0609. The van der Waals surface area contributed by atoms with Crippen LogP contribution in [-0.2, 0) is 4.79 Å². The number of hydrogen-bond donors (Lipinski definition) is 2. The third-order valence-electron chi connectivity index (χ3n) is 4.80. The minimum atomic E-state index is -0.577. The maximum Gasteiger partial charge on any atom is 0.240 e. The molecule has 116 valence electrons. The van der Waals surface area contributed by atoms with Gasteiger partial charge in [0.05, 0.1) is 5.54 Å². The normalized spacial score (nSPS) is 23.9. The largest absolute Gasteiger partial charge is 0.354 e. The lowest BCUT2D eigenvalue weighted by atomic mass is 9.98. The number of rotatable bonds is 6. The first-order chi connectivity index (χ1) is 9.64. The van der Waals surface area contributed by atoms with Crippen LogP contribution in [0.15, 0.2) is 0 Å². The highest BCUT2D eigenvalue weighted by molar-refractivity contribution is 5.86. The number of nitrogens with one attached hydrogen (secondary N) is 1. The predicted molar refractivity (Wildman–Crippen MR) is 81.6 cm³/mol. The summed E-state index contributed by atoms with van der Waals surface area (Å²) in [6.45, 7) is 9.87. The molecule has 1 heterocycles. The van der Waals surface area contributed by atoms with Crippen LogP contribution in [0.4, 0.5) is 0 Å². The average molecular weight is 282 g/mol. The van der Waals surface area contributed by atoms with E-state index >= 15 is 0 Å². The van der Waals surface area contributed by atoms with Crippen LogP contribution in [-0.4, -0.2) is 67.1 Å². The average Bonchev–Trinajstić information content (AvgIpc) is 2.92. The molecule has 1 aliphatic heterocycles. The van der Waals surface area contributed by atoms with E-state index in [1.807, 2.05) is 0 Å². The molecule has 5 nitrogen and oxygen atoms in total. The Hall–Kier alpha value is -0.650. The summed E-state index contributed by atoms with van der Waals surface area (Å²) in [6.07, 6.45) is 4.89. The van der Waals surface area contributed by atoms with Gasteiger partial charge in [0.25, 0.3) is 0 Å². The summed E-state index contributed by atoms with van der Waals surface area (Å²) in [4.78, 5) is 17.0. The molecule has 1 aliphatic carbocycles. The summed E-state index contributed by atoms with van der Waals surface area (Å²) < 4.78 is 0. The van der Waals surface area contributed by atoms with Crippen LogP contribution < -0.4 is 11.1 Å². The highest BCUT2D eigenvalue weighted by Gasteiger charge is 2.36. The van der Waals surface area contributed by atoms with Crippen LogP contribution in [0, 0.1) is 0 Å². The van der Waals surface area contributed by atoms with Gasteiger partial charge >= 0.3 is 0 Å². The summed E-state index contributed by atoms with van der Waals surface area (Å²) in [7, 11) is 0. The SMILES string of the molecule is CCN1CCN(CCCNC(=O)C2(N)CCCC2)CC1. The molecule has 0 spiro atoms. The number of amides is 1. The topological polar surface area (TPSA) is 61.6 Å². The Labute approximate surface area is 122 Å². The smallest absolute Gasteiger partial charge is 0.240 e. The summed E-state index contributed by atoms with van der Waals surface area (Å²) in [5.74, 6) is 0.0609. The number of hydrogen-bond acceptors (Lipinski definition) is 4. The molecule has 5 heteroatoms. The maximum atomic E-state index is 12.0. The van der Waals surface area contributed by atoms with Gasteiger partial charge in [0.1, 0.15) is 0 Å². The van der Waals surface area contributed by atoms with E-state index in [-0.39, 0.29) is 5.91 Å². The predicted octanol–water partition coefficient (Wildman–Crippen LogP) is 0.402. The third-order valence-corrected chi connectivity index (χ3v) is 4.80. The van der Waals surface area contributed by atoms with Crippen LogP contribution in [0.1, 0.15) is 39.0 Å². The fourth-order valence-electron chi connectivity index (χ4n) is 3.24. The van der Waals surface area contributed by atoms with Crippen molar-refractivity contribution < 1.29 is 4.79 Å². The number of piperazine rings is 1. The highest BCUT2D eigenvalue weighted by Crippen LogP contribution is 2.27. The van der Waals surface area contributed by atoms with Crippen molar-refractivity contribution in [3.8, 4) is 0 Å². The van der Waals surface area contributed by atoms with E-state index < -0.39 is 5.54 Å². The van der Waals surface area contributed by atoms with Gasteiger partial charge in [-0.1, -0.05) is 19.8 Å². The number of likely N-dealkylation sites (N-methyl/N-ethyl adjacent to an activating group) is 1. The number of nitrogens with two attached hydrogens (primary N) is 1. The van der Waals surface area contributed by atoms with E-state index in [0.29, 0.717) is 0 Å². The van der Waals surface area contributed by atoms with E-state index in [4.69, 9.17) is 5.73 Å². The Balaban J connectivity index is 1.56. The fraction of sp³-hybridized carbons (Fsp3) is 0.933. The van der Waals surface area contributed by atoms with Gasteiger partial charge in [0.2, 0.25) is 5.91 Å². The summed E-state index contributed by atoms with van der Waals surface area (Å²) in [5, 5.41) is 3.02. The van der Waals surface area contributed by atoms with Crippen molar-refractivity contribution in [2.75, 3.05) is 45.8 Å². The van der Waals surface area contributed by atoms with Crippen molar-refractivity contribution in [3.05, 3.63) is 0 Å². The van der Waals surface area contributed by atoms with Crippen molar-refractivity contribution in [1.82, 2.24) is 15.1 Å². The van der Waals surface area contributed by atoms with E-state index in [1.165, 1.54) is 13.1 Å². The first-order valence-corrected chi connectivity index (χ1v) is 8.16. The molecule has 0 aromatic rings. The third kappa shape index (κ3) is 4.17. The van der Waals surface area contributed by atoms with Gasteiger partial charge in [-0.05, 0) is 32.4 Å². The van der Waals surface area contributed by atoms with E-state index in [9.17, 15) is 4.79 Å². The lowest BCUT2D eigenvalue weighted by molar-refractivity contribution is -0.126. The summed E-state index contributed by atoms with van der Waals surface area (Å²) in [6, 6.07) is 0. The van der Waals surface area contributed by atoms with Gasteiger partial charge in [-0.25, -0.2) is 0 Å². The zero-order valence-corrected chi connectivity index (χ0v) is 12.9. The van der Waals surface area contributed by atoms with Gasteiger partial charge in [-0.2, -0.15) is 0 Å². The van der Waals surface area contributed by atoms with Crippen LogP contribution in [0.3, 0.4) is 0 Å². The number of carbonyl (C=O) groups is 1. The van der Waals surface area contributed by atoms with Gasteiger partial charge in [0.15, 0.2) is 0 Å². The minimum Gasteiger partial charge on any atom is -0.354 e. The number of carbonyl (C=O) groups excluding carboxylic acids is 1. The Bertz CT molecular complexity index is 307. The molecule has 0 bridgehead atoms. The lowest BCUT2D eigenvalue weighted by Crippen LogP contribution is -2.52. The molecule has 2 fully saturated rings. The van der Waals surface area contributed by atoms with Crippen molar-refractivity contribution in [2.45, 2.75) is 44.6 Å². The van der Waals surface area contributed by atoms with Crippen molar-refractivity contribution in [2.24, 2.45) is 5.73 Å². The summed E-state index contributed by atoms with van der Waals surface area (Å²) >= 11 is 0. The molecule has 0 aromatic carbocycles. The molecule has 1 saturated carbocycles. The monoisotopic (exact) mass is 282 g/mol. The Morgan fingerprint density at radius 2 is 1.75 bits per heavy atom. The summed E-state index contributed by atoms with van der Waals surface area (Å²) in [5.41, 5.74) is 5.55. The molecule has 2 rings (SSSR count). The van der Waals surface area contributed by atoms with Gasteiger partial charge in [-0.3, -0.25) is 4.79 Å². The number of nitrogens with zero attached hydrogens (tertiary/aromatic N) is 2. The van der Waals surface area contributed by atoms with Gasteiger partial charge in [-0.15, -0.1) is 0 Å². The molecule has 1 saturated heterocycles. The van der Waals surface area contributed by atoms with Crippen LogP contribution in [0.5, 0.6) is 0 Å². The second-order valence-corrected chi connectivity index (χ2v) is 6.25. The fourth-order valence-corrected chi connectivity index (χ4v) is 3.24. The van der Waals surface area contributed by atoms with Crippen LogP contribution >= 0.6 is 0 Å². The standard InChI is InChI=1S/C15H30N4O/c1-2-18-10-12-19(13-11-18)9-5-8-17-14(20)15(16)6-3-4-7-15/h2-13,16H2,1H3,(H,17,20). The Morgan fingerprint density at radius 1 is 1.15 bits per heavy atom. The molecular formula is C15H30N4O. The van der Waals surface area contributed by atoms with Crippen LogP contribution in [0.25, 0.3) is 0 Å². The second kappa shape index (κ2) is 7.38. The van der Waals surface area contributed by atoms with Gasteiger partial charge < -0.3 is 20.9 Å². The maximum absolute atomic E-state index is 12.0. The quantitative estimate of drug-likeness (QED) is 0.692. The lowest BCUT2D eigenvalue weighted by Gasteiger charge is -2.34. The highest BCUT2D eigenvalue weighted by atomic mass is 16.2. The first kappa shape index (κ1) is 15.7. The molecule has 20 heavy (non-hydrogen) atoms. The molecule has 0 atom stereocenters. The van der Waals surface area contributed by atoms with Crippen LogP contribution in [0.2, 0.25) is 0 Å². The van der Waals surface area contributed by atoms with Crippen molar-refractivity contribution in [3.63, 3.8) is 0 Å². The zero-order chi connectivity index (χ0) is 14.4. The Morgan fingerprint density at radius 3 is 2.35 bits per heavy atom. The molecule has 3 N–H and O–H groups in total. The van der Waals surface area contributed by atoms with Gasteiger partial charge in [0, 0.05) is 32.7 Å². The molecule has 1 amide bonds. The molecule has 2 aliphatic rings. The zero-order valence-electron chi connectivity index (χ0n) is 12.9. The second-order valence-electron chi connectivity index (χ2n) is 6.25. The Kier molecular flexibility index (Phi) is 5.81. The molecule has 0 radical (unpaired) electrons. The molecule has 0 aromatic heterocycles. The molecular weight excluding hydrogens is 252 g/mol. The first-order valence-electron chi connectivity index (χ1n) is 8.16. The van der Waals surface area contributed by atoms with Crippen molar-refractivity contribution in [1.29, 1.82) is 0 Å².